The van der Waals surface area contributed by atoms with Gasteiger partial charge in [0.25, 0.3) is 0 Å². The third-order valence-electron chi connectivity index (χ3n) is 4.80. The van der Waals surface area contributed by atoms with E-state index in [1.165, 1.54) is 39.2 Å². The van der Waals surface area contributed by atoms with Crippen molar-refractivity contribution in [2.75, 3.05) is 7.11 Å². The molecule has 1 heterocycles. The first-order valence-corrected chi connectivity index (χ1v) is 8.45. The maximum Gasteiger partial charge on any atom is 0.341 e. The number of rotatable bonds is 9. The lowest BCUT2D eigenvalue weighted by Crippen LogP contribution is -2.31. The molecule has 0 radical (unpaired) electrons. The average molecular weight is 304 g/mol. The summed E-state index contributed by atoms with van der Waals surface area (Å²) in [4.78, 5) is 12.1. The Bertz CT molecular complexity index is 485. The van der Waals surface area contributed by atoms with Gasteiger partial charge in [0.15, 0.2) is 5.60 Å². The number of benzene rings is 1. The van der Waals surface area contributed by atoms with Crippen molar-refractivity contribution in [3.8, 4) is 0 Å². The average Bonchev–Trinajstić information content (AvgIpc) is 3.18. The van der Waals surface area contributed by atoms with Crippen molar-refractivity contribution in [3.63, 3.8) is 0 Å². The van der Waals surface area contributed by atoms with Crippen molar-refractivity contribution in [1.82, 2.24) is 0 Å². The summed E-state index contributed by atoms with van der Waals surface area (Å²) in [5.74, 6) is -0.276. The van der Waals surface area contributed by atoms with Crippen LogP contribution < -0.4 is 0 Å². The molecule has 1 fully saturated rings. The highest BCUT2D eigenvalue weighted by Crippen LogP contribution is 2.59. The number of carbonyl (C=O) groups excluding carboxylic acids is 1. The zero-order valence-corrected chi connectivity index (χ0v) is 14.1. The number of methoxy groups -OCH3 is 1. The first-order valence-electron chi connectivity index (χ1n) is 8.45. The van der Waals surface area contributed by atoms with Crippen LogP contribution in [0.25, 0.3) is 0 Å². The first kappa shape index (κ1) is 17.0. The van der Waals surface area contributed by atoms with Crippen LogP contribution in [0.4, 0.5) is 0 Å². The number of esters is 1. The molecule has 0 amide bonds. The number of unbranched alkanes of at least 4 members (excludes halogenated alkanes) is 5. The number of epoxide rings is 1. The minimum absolute atomic E-state index is 0.276. The molecular formula is C19H28O3. The quantitative estimate of drug-likeness (QED) is 0.380. The van der Waals surface area contributed by atoms with E-state index in [-0.39, 0.29) is 5.97 Å². The van der Waals surface area contributed by atoms with E-state index in [9.17, 15) is 4.79 Å². The van der Waals surface area contributed by atoms with E-state index in [0.29, 0.717) is 0 Å². The van der Waals surface area contributed by atoms with Crippen molar-refractivity contribution < 1.29 is 14.3 Å². The van der Waals surface area contributed by atoms with Crippen LogP contribution in [0.3, 0.4) is 0 Å². The summed E-state index contributed by atoms with van der Waals surface area (Å²) in [6.45, 7) is 4.08. The fraction of sp³-hybridized carbons (Fsp3) is 0.632. The topological polar surface area (TPSA) is 38.8 Å². The predicted octanol–water partition coefficient (Wildman–Crippen LogP) is 4.59. The molecule has 122 valence electrons. The Morgan fingerprint density at radius 2 is 1.73 bits per heavy atom. The SMILES string of the molecule is CCCCCCCCC1(c2ccccc2)OC1(C)C(=O)OC. The maximum atomic E-state index is 12.1. The van der Waals surface area contributed by atoms with E-state index < -0.39 is 11.2 Å². The van der Waals surface area contributed by atoms with Crippen molar-refractivity contribution in [2.24, 2.45) is 0 Å². The second-order valence-electron chi connectivity index (χ2n) is 6.34. The van der Waals surface area contributed by atoms with Gasteiger partial charge in [0.1, 0.15) is 5.60 Å². The molecule has 0 aromatic heterocycles. The van der Waals surface area contributed by atoms with Crippen LogP contribution in [0.15, 0.2) is 30.3 Å². The summed E-state index contributed by atoms with van der Waals surface area (Å²) in [6.07, 6.45) is 8.25. The molecule has 0 saturated carbocycles. The van der Waals surface area contributed by atoms with Gasteiger partial charge in [-0.3, -0.25) is 0 Å². The molecule has 2 atom stereocenters. The largest absolute Gasteiger partial charge is 0.467 e. The molecule has 1 aromatic rings. The molecular weight excluding hydrogens is 276 g/mol. The Labute approximate surface area is 134 Å². The Hall–Kier alpha value is -1.35. The zero-order valence-electron chi connectivity index (χ0n) is 14.1. The highest BCUT2D eigenvalue weighted by atomic mass is 16.7. The lowest BCUT2D eigenvalue weighted by Gasteiger charge is -2.16. The summed E-state index contributed by atoms with van der Waals surface area (Å²) in [5.41, 5.74) is -0.269. The van der Waals surface area contributed by atoms with Gasteiger partial charge in [-0.25, -0.2) is 4.79 Å². The van der Waals surface area contributed by atoms with E-state index in [0.717, 1.165) is 18.4 Å². The van der Waals surface area contributed by atoms with Crippen molar-refractivity contribution in [1.29, 1.82) is 0 Å². The molecule has 2 rings (SSSR count). The van der Waals surface area contributed by atoms with Crippen LogP contribution >= 0.6 is 0 Å². The highest BCUT2D eigenvalue weighted by molar-refractivity contribution is 5.84. The smallest absolute Gasteiger partial charge is 0.341 e. The summed E-state index contributed by atoms with van der Waals surface area (Å²) in [7, 11) is 1.43. The minimum Gasteiger partial charge on any atom is -0.467 e. The van der Waals surface area contributed by atoms with Crippen LogP contribution in [0.5, 0.6) is 0 Å². The van der Waals surface area contributed by atoms with Crippen molar-refractivity contribution >= 4 is 5.97 Å². The molecule has 22 heavy (non-hydrogen) atoms. The Balaban J connectivity index is 2.01. The third-order valence-corrected chi connectivity index (χ3v) is 4.80. The highest BCUT2D eigenvalue weighted by Gasteiger charge is 2.72. The van der Waals surface area contributed by atoms with Gasteiger partial charge < -0.3 is 9.47 Å². The Morgan fingerprint density at radius 1 is 1.09 bits per heavy atom. The second kappa shape index (κ2) is 7.28. The minimum atomic E-state index is -0.841. The van der Waals surface area contributed by atoms with E-state index in [2.05, 4.69) is 6.92 Å². The molecule has 0 bridgehead atoms. The van der Waals surface area contributed by atoms with Crippen LogP contribution in [-0.4, -0.2) is 18.7 Å². The molecule has 1 aromatic carbocycles. The molecule has 1 aliphatic heterocycles. The van der Waals surface area contributed by atoms with E-state index in [1.807, 2.05) is 37.3 Å². The van der Waals surface area contributed by atoms with Crippen LogP contribution in [0.1, 0.15) is 64.4 Å². The molecule has 3 nitrogen and oxygen atoms in total. The number of hydrogen-bond donors (Lipinski definition) is 0. The third kappa shape index (κ3) is 3.19. The van der Waals surface area contributed by atoms with Gasteiger partial charge in [0.05, 0.1) is 7.11 Å². The van der Waals surface area contributed by atoms with Gasteiger partial charge >= 0.3 is 5.97 Å². The molecule has 0 spiro atoms. The Morgan fingerprint density at radius 3 is 2.36 bits per heavy atom. The predicted molar refractivity (Wildman–Crippen MR) is 87.6 cm³/mol. The summed E-state index contributed by atoms with van der Waals surface area (Å²) < 4.78 is 10.9. The van der Waals surface area contributed by atoms with E-state index in [4.69, 9.17) is 9.47 Å². The molecule has 1 aliphatic rings. The van der Waals surface area contributed by atoms with Gasteiger partial charge in [-0.1, -0.05) is 75.8 Å². The molecule has 0 N–H and O–H groups in total. The van der Waals surface area contributed by atoms with E-state index in [1.54, 1.807) is 0 Å². The van der Waals surface area contributed by atoms with Crippen LogP contribution in [-0.2, 0) is 19.9 Å². The number of hydrogen-bond acceptors (Lipinski definition) is 3. The fourth-order valence-electron chi connectivity index (χ4n) is 3.35. The van der Waals surface area contributed by atoms with Crippen molar-refractivity contribution in [3.05, 3.63) is 35.9 Å². The molecule has 2 unspecified atom stereocenters. The second-order valence-corrected chi connectivity index (χ2v) is 6.34. The van der Waals surface area contributed by atoms with Gasteiger partial charge in [0, 0.05) is 0 Å². The van der Waals surface area contributed by atoms with Gasteiger partial charge in [-0.15, -0.1) is 0 Å². The summed E-state index contributed by atoms with van der Waals surface area (Å²) in [5, 5.41) is 0. The lowest BCUT2D eigenvalue weighted by molar-refractivity contribution is -0.146. The molecule has 1 saturated heterocycles. The number of ether oxygens (including phenoxy) is 2. The van der Waals surface area contributed by atoms with Gasteiger partial charge in [-0.05, 0) is 18.9 Å². The zero-order chi connectivity index (χ0) is 16.1. The number of carbonyl (C=O) groups is 1. The normalized spacial score (nSPS) is 26.7. The van der Waals surface area contributed by atoms with Gasteiger partial charge in [-0.2, -0.15) is 0 Å². The lowest BCUT2D eigenvalue weighted by atomic mass is 9.83. The van der Waals surface area contributed by atoms with Crippen LogP contribution in [0.2, 0.25) is 0 Å². The van der Waals surface area contributed by atoms with Crippen molar-refractivity contribution in [2.45, 2.75) is 70.0 Å². The standard InChI is InChI=1S/C19H28O3/c1-4-5-6-7-8-12-15-19(16-13-10-9-11-14-16)18(2,22-19)17(20)21-3/h9-11,13-14H,4-8,12,15H2,1-3H3. The van der Waals surface area contributed by atoms with E-state index >= 15 is 0 Å². The summed E-state index contributed by atoms with van der Waals surface area (Å²) >= 11 is 0. The van der Waals surface area contributed by atoms with Gasteiger partial charge in [0.2, 0.25) is 0 Å². The maximum absolute atomic E-state index is 12.1. The first-order chi connectivity index (χ1) is 10.6. The summed E-state index contributed by atoms with van der Waals surface area (Å²) in [6, 6.07) is 10.1. The molecule has 0 aliphatic carbocycles. The Kier molecular flexibility index (Phi) is 5.63. The van der Waals surface area contributed by atoms with Crippen LogP contribution in [0, 0.1) is 0 Å². The fourth-order valence-corrected chi connectivity index (χ4v) is 3.35. The monoisotopic (exact) mass is 304 g/mol. The molecule has 3 heteroatoms.